The summed E-state index contributed by atoms with van der Waals surface area (Å²) in [4.78, 5) is 11.0. The minimum Gasteiger partial charge on any atom is -0.477 e. The number of thiophene rings is 1. The second kappa shape index (κ2) is 2.90. The molecule has 0 spiro atoms. The van der Waals surface area contributed by atoms with Gasteiger partial charge in [0.25, 0.3) is 0 Å². The molecule has 12 heavy (non-hydrogen) atoms. The Labute approximate surface area is 75.9 Å². The van der Waals surface area contributed by atoms with Crippen LogP contribution in [0.25, 0.3) is 0 Å². The fourth-order valence-corrected chi connectivity index (χ4v) is 1.81. The van der Waals surface area contributed by atoms with Gasteiger partial charge in [0, 0.05) is 0 Å². The molecule has 0 atom stereocenters. The van der Waals surface area contributed by atoms with Crippen LogP contribution in [-0.2, 0) is 5.41 Å². The van der Waals surface area contributed by atoms with Crippen LogP contribution in [0.5, 0.6) is 0 Å². The van der Waals surface area contributed by atoms with Crippen molar-refractivity contribution >= 4 is 17.3 Å². The fraction of sp³-hybridized carbons (Fsp3) is 0.444. The molecular weight excluding hydrogens is 172 g/mol. The molecule has 2 nitrogen and oxygen atoms in total. The second-order valence-corrected chi connectivity index (χ2v) is 4.67. The van der Waals surface area contributed by atoms with E-state index in [2.05, 4.69) is 20.8 Å². The first-order valence-electron chi connectivity index (χ1n) is 3.73. The molecule has 0 aliphatic rings. The molecule has 3 heteroatoms. The van der Waals surface area contributed by atoms with Gasteiger partial charge in [-0.25, -0.2) is 4.79 Å². The molecule has 0 amide bonds. The zero-order valence-corrected chi connectivity index (χ0v) is 8.23. The van der Waals surface area contributed by atoms with Gasteiger partial charge in [-0.2, -0.15) is 0 Å². The van der Waals surface area contributed by atoms with Gasteiger partial charge >= 0.3 is 5.97 Å². The Hall–Kier alpha value is -0.830. The normalized spacial score (nSPS) is 11.6. The predicted molar refractivity (Wildman–Crippen MR) is 50.0 cm³/mol. The van der Waals surface area contributed by atoms with Crippen LogP contribution in [0.1, 0.15) is 36.0 Å². The topological polar surface area (TPSA) is 37.3 Å². The summed E-state index contributed by atoms with van der Waals surface area (Å²) in [5.74, 6) is -0.837. The Bertz CT molecular complexity index is 294. The molecule has 1 aromatic rings. The maximum absolute atomic E-state index is 10.6. The monoisotopic (exact) mass is 184 g/mol. The predicted octanol–water partition coefficient (Wildman–Crippen LogP) is 2.74. The SMILES string of the molecule is CC(C)(C)c1csc(C(=O)O)c1. The molecular formula is C9H12O2S. The smallest absolute Gasteiger partial charge is 0.345 e. The van der Waals surface area contributed by atoms with E-state index in [0.717, 1.165) is 5.56 Å². The maximum atomic E-state index is 10.6. The first kappa shape index (κ1) is 9.26. The van der Waals surface area contributed by atoms with E-state index in [4.69, 9.17) is 5.11 Å². The van der Waals surface area contributed by atoms with Crippen LogP contribution in [0.2, 0.25) is 0 Å². The number of carbonyl (C=O) groups is 1. The number of carboxylic acids is 1. The van der Waals surface area contributed by atoms with Crippen LogP contribution in [0.3, 0.4) is 0 Å². The summed E-state index contributed by atoms with van der Waals surface area (Å²) in [5.41, 5.74) is 1.13. The van der Waals surface area contributed by atoms with Crippen LogP contribution < -0.4 is 0 Å². The van der Waals surface area contributed by atoms with E-state index < -0.39 is 5.97 Å². The summed E-state index contributed by atoms with van der Waals surface area (Å²) in [6.45, 7) is 6.21. The highest BCUT2D eigenvalue weighted by Gasteiger charge is 2.17. The van der Waals surface area contributed by atoms with Crippen molar-refractivity contribution in [3.05, 3.63) is 21.9 Å². The average molecular weight is 184 g/mol. The van der Waals surface area contributed by atoms with Gasteiger partial charge < -0.3 is 5.11 Å². The standard InChI is InChI=1S/C9H12O2S/c1-9(2,3)6-4-7(8(10)11)12-5-6/h4-5H,1-3H3,(H,10,11). The van der Waals surface area contributed by atoms with E-state index in [-0.39, 0.29) is 5.41 Å². The quantitative estimate of drug-likeness (QED) is 0.728. The Morgan fingerprint density at radius 1 is 1.50 bits per heavy atom. The van der Waals surface area contributed by atoms with Gasteiger partial charge in [-0.1, -0.05) is 20.8 Å². The molecule has 66 valence electrons. The van der Waals surface area contributed by atoms with Crippen molar-refractivity contribution < 1.29 is 9.90 Å². The van der Waals surface area contributed by atoms with Crippen molar-refractivity contribution in [2.75, 3.05) is 0 Å². The lowest BCUT2D eigenvalue weighted by Crippen LogP contribution is -2.09. The first-order valence-corrected chi connectivity index (χ1v) is 4.61. The molecule has 0 aromatic carbocycles. The van der Waals surface area contributed by atoms with E-state index >= 15 is 0 Å². The zero-order valence-electron chi connectivity index (χ0n) is 7.42. The van der Waals surface area contributed by atoms with Crippen LogP contribution in [0, 0.1) is 0 Å². The maximum Gasteiger partial charge on any atom is 0.345 e. The summed E-state index contributed by atoms with van der Waals surface area (Å²) in [6, 6.07) is 1.74. The van der Waals surface area contributed by atoms with Gasteiger partial charge in [0.15, 0.2) is 0 Å². The third kappa shape index (κ3) is 1.85. The fourth-order valence-electron chi connectivity index (χ4n) is 0.842. The van der Waals surface area contributed by atoms with Crippen LogP contribution in [0.15, 0.2) is 11.4 Å². The third-order valence-corrected chi connectivity index (χ3v) is 2.59. The van der Waals surface area contributed by atoms with Crippen LogP contribution in [-0.4, -0.2) is 11.1 Å². The molecule has 0 saturated heterocycles. The highest BCUT2D eigenvalue weighted by atomic mass is 32.1. The largest absolute Gasteiger partial charge is 0.477 e. The lowest BCUT2D eigenvalue weighted by atomic mass is 9.89. The van der Waals surface area contributed by atoms with Crippen molar-refractivity contribution in [1.82, 2.24) is 0 Å². The van der Waals surface area contributed by atoms with Gasteiger partial charge in [0.2, 0.25) is 0 Å². The lowest BCUT2D eigenvalue weighted by Gasteiger charge is -2.15. The molecule has 0 saturated carbocycles. The average Bonchev–Trinajstić information content (AvgIpc) is 2.30. The summed E-state index contributed by atoms with van der Waals surface area (Å²) in [6.07, 6.45) is 0. The Balaban J connectivity index is 3.00. The summed E-state index contributed by atoms with van der Waals surface area (Å²) >= 11 is 1.28. The summed E-state index contributed by atoms with van der Waals surface area (Å²) in [5, 5.41) is 10.6. The van der Waals surface area contributed by atoms with E-state index in [1.807, 2.05) is 5.38 Å². The van der Waals surface area contributed by atoms with Gasteiger partial charge in [-0.3, -0.25) is 0 Å². The molecule has 0 bridgehead atoms. The van der Waals surface area contributed by atoms with E-state index in [9.17, 15) is 4.79 Å². The molecule has 0 unspecified atom stereocenters. The summed E-state index contributed by atoms with van der Waals surface area (Å²) < 4.78 is 0. The highest BCUT2D eigenvalue weighted by Crippen LogP contribution is 2.26. The van der Waals surface area contributed by atoms with Crippen molar-refractivity contribution in [2.45, 2.75) is 26.2 Å². The molecule has 0 aliphatic heterocycles. The Morgan fingerprint density at radius 3 is 2.33 bits per heavy atom. The summed E-state index contributed by atoms with van der Waals surface area (Å²) in [7, 11) is 0. The minimum atomic E-state index is -0.837. The molecule has 1 rings (SSSR count). The number of hydrogen-bond donors (Lipinski definition) is 1. The van der Waals surface area contributed by atoms with Crippen molar-refractivity contribution in [3.8, 4) is 0 Å². The molecule has 1 N–H and O–H groups in total. The molecule has 0 aliphatic carbocycles. The number of carboxylic acid groups (broad SMARTS) is 1. The van der Waals surface area contributed by atoms with Crippen molar-refractivity contribution in [3.63, 3.8) is 0 Å². The third-order valence-electron chi connectivity index (χ3n) is 1.68. The van der Waals surface area contributed by atoms with E-state index in [1.165, 1.54) is 11.3 Å². The Morgan fingerprint density at radius 2 is 2.08 bits per heavy atom. The van der Waals surface area contributed by atoms with Crippen molar-refractivity contribution in [1.29, 1.82) is 0 Å². The lowest BCUT2D eigenvalue weighted by molar-refractivity contribution is 0.0702. The van der Waals surface area contributed by atoms with Crippen molar-refractivity contribution in [2.24, 2.45) is 0 Å². The number of aromatic carboxylic acids is 1. The van der Waals surface area contributed by atoms with Crippen LogP contribution >= 0.6 is 11.3 Å². The number of rotatable bonds is 1. The highest BCUT2D eigenvalue weighted by molar-refractivity contribution is 7.12. The molecule has 1 aromatic heterocycles. The minimum absolute atomic E-state index is 0.0458. The van der Waals surface area contributed by atoms with Gasteiger partial charge in [0.05, 0.1) is 0 Å². The number of hydrogen-bond acceptors (Lipinski definition) is 2. The molecule has 1 heterocycles. The van der Waals surface area contributed by atoms with Gasteiger partial charge in [-0.05, 0) is 22.4 Å². The first-order chi connectivity index (χ1) is 5.41. The Kier molecular flexibility index (Phi) is 2.24. The zero-order chi connectivity index (χ0) is 9.35. The van der Waals surface area contributed by atoms with Gasteiger partial charge in [-0.15, -0.1) is 11.3 Å². The van der Waals surface area contributed by atoms with E-state index in [1.54, 1.807) is 6.07 Å². The van der Waals surface area contributed by atoms with Gasteiger partial charge in [0.1, 0.15) is 4.88 Å². The van der Waals surface area contributed by atoms with Crippen LogP contribution in [0.4, 0.5) is 0 Å². The van der Waals surface area contributed by atoms with E-state index in [0.29, 0.717) is 4.88 Å². The second-order valence-electron chi connectivity index (χ2n) is 3.75. The molecule has 0 radical (unpaired) electrons. The molecule has 0 fully saturated rings.